The second-order valence-electron chi connectivity index (χ2n) is 4.97. The minimum atomic E-state index is -0.450. The van der Waals surface area contributed by atoms with E-state index in [9.17, 15) is 5.11 Å². The summed E-state index contributed by atoms with van der Waals surface area (Å²) in [5, 5.41) is 11.5. The molecule has 2 aromatic rings. The lowest BCUT2D eigenvalue weighted by Gasteiger charge is -2.23. The third kappa shape index (κ3) is 2.32. The molecule has 0 aliphatic carbocycles. The van der Waals surface area contributed by atoms with Crippen molar-refractivity contribution < 1.29 is 5.11 Å². The molecule has 1 N–H and O–H groups in total. The molecule has 0 amide bonds. The molecule has 0 saturated heterocycles. The molecule has 0 aliphatic heterocycles. The van der Waals surface area contributed by atoms with Crippen molar-refractivity contribution >= 4 is 10.9 Å². The summed E-state index contributed by atoms with van der Waals surface area (Å²) in [6, 6.07) is 9.93. The smallest absolute Gasteiger partial charge is 0.0839 e. The van der Waals surface area contributed by atoms with E-state index < -0.39 is 6.10 Å². The van der Waals surface area contributed by atoms with Crippen molar-refractivity contribution in [1.82, 2.24) is 4.98 Å². The summed E-state index contributed by atoms with van der Waals surface area (Å²) in [7, 11) is 0. The highest BCUT2D eigenvalue weighted by Gasteiger charge is 2.21. The quantitative estimate of drug-likeness (QED) is 0.873. The van der Waals surface area contributed by atoms with Crippen molar-refractivity contribution in [1.29, 1.82) is 0 Å². The fourth-order valence-electron chi connectivity index (χ4n) is 2.01. The summed E-state index contributed by atoms with van der Waals surface area (Å²) in [5.74, 6) is 0.673. The van der Waals surface area contributed by atoms with Crippen LogP contribution in [0.1, 0.15) is 32.4 Å². The number of aromatic nitrogens is 1. The van der Waals surface area contributed by atoms with Crippen LogP contribution in [0.4, 0.5) is 0 Å². The average Bonchev–Trinajstić information content (AvgIpc) is 2.36. The fourth-order valence-corrected chi connectivity index (χ4v) is 2.01. The second kappa shape index (κ2) is 4.84. The average molecular weight is 229 g/mol. The highest BCUT2D eigenvalue weighted by molar-refractivity contribution is 5.81. The van der Waals surface area contributed by atoms with Crippen molar-refractivity contribution in [2.24, 2.45) is 11.8 Å². The monoisotopic (exact) mass is 229 g/mol. The largest absolute Gasteiger partial charge is 0.388 e. The molecule has 2 rings (SSSR count). The molecular formula is C15H19NO. The van der Waals surface area contributed by atoms with Gasteiger partial charge in [-0.1, -0.05) is 45.0 Å². The molecule has 2 nitrogen and oxygen atoms in total. The van der Waals surface area contributed by atoms with Gasteiger partial charge in [-0.15, -0.1) is 0 Å². The van der Waals surface area contributed by atoms with Gasteiger partial charge in [0.05, 0.1) is 11.6 Å². The van der Waals surface area contributed by atoms with Crippen molar-refractivity contribution in [2.45, 2.75) is 26.9 Å². The molecule has 0 fully saturated rings. The van der Waals surface area contributed by atoms with E-state index in [1.807, 2.05) is 30.3 Å². The Morgan fingerprint density at radius 1 is 1.06 bits per heavy atom. The van der Waals surface area contributed by atoms with Crippen LogP contribution in [0.15, 0.2) is 36.5 Å². The zero-order valence-corrected chi connectivity index (χ0v) is 10.6. The van der Waals surface area contributed by atoms with E-state index in [4.69, 9.17) is 0 Å². The first-order chi connectivity index (χ1) is 8.11. The van der Waals surface area contributed by atoms with Gasteiger partial charge in [-0.3, -0.25) is 4.98 Å². The van der Waals surface area contributed by atoms with E-state index in [-0.39, 0.29) is 5.92 Å². The van der Waals surface area contributed by atoms with Gasteiger partial charge in [0.2, 0.25) is 0 Å². The molecule has 0 radical (unpaired) electrons. The van der Waals surface area contributed by atoms with E-state index in [1.54, 1.807) is 6.20 Å². The minimum absolute atomic E-state index is 0.225. The van der Waals surface area contributed by atoms with Crippen molar-refractivity contribution in [3.05, 3.63) is 42.1 Å². The Morgan fingerprint density at radius 2 is 1.76 bits per heavy atom. The number of benzene rings is 1. The van der Waals surface area contributed by atoms with E-state index >= 15 is 0 Å². The van der Waals surface area contributed by atoms with Crippen LogP contribution >= 0.6 is 0 Å². The summed E-state index contributed by atoms with van der Waals surface area (Å²) in [5.41, 5.74) is 1.85. The van der Waals surface area contributed by atoms with Gasteiger partial charge in [-0.2, -0.15) is 0 Å². The van der Waals surface area contributed by atoms with E-state index in [1.165, 1.54) is 0 Å². The van der Waals surface area contributed by atoms with Gasteiger partial charge >= 0.3 is 0 Å². The van der Waals surface area contributed by atoms with E-state index in [0.717, 1.165) is 16.5 Å². The first-order valence-corrected chi connectivity index (χ1v) is 6.13. The van der Waals surface area contributed by atoms with Gasteiger partial charge in [0, 0.05) is 17.1 Å². The van der Waals surface area contributed by atoms with Crippen LogP contribution in [0.25, 0.3) is 10.9 Å². The number of aliphatic hydroxyl groups is 1. The maximum absolute atomic E-state index is 10.4. The molecule has 2 unspecified atom stereocenters. The number of fused-ring (bicyclic) bond motifs is 1. The molecule has 0 spiro atoms. The van der Waals surface area contributed by atoms with Gasteiger partial charge in [-0.25, -0.2) is 0 Å². The summed E-state index contributed by atoms with van der Waals surface area (Å²) in [4.78, 5) is 4.38. The number of nitrogens with zero attached hydrogens (tertiary/aromatic N) is 1. The predicted octanol–water partition coefficient (Wildman–Crippen LogP) is 3.56. The molecule has 0 bridgehead atoms. The van der Waals surface area contributed by atoms with Crippen LogP contribution in [-0.2, 0) is 0 Å². The van der Waals surface area contributed by atoms with Gasteiger partial charge in [-0.05, 0) is 17.9 Å². The molecule has 0 aliphatic rings. The predicted molar refractivity (Wildman–Crippen MR) is 70.7 cm³/mol. The molecule has 2 atom stereocenters. The summed E-state index contributed by atoms with van der Waals surface area (Å²) < 4.78 is 0. The molecular weight excluding hydrogens is 210 g/mol. The third-order valence-electron chi connectivity index (χ3n) is 3.53. The van der Waals surface area contributed by atoms with E-state index in [2.05, 4.69) is 25.8 Å². The molecule has 90 valence electrons. The minimum Gasteiger partial charge on any atom is -0.388 e. The fraction of sp³-hybridized carbons (Fsp3) is 0.400. The topological polar surface area (TPSA) is 33.1 Å². The number of rotatable bonds is 3. The molecule has 17 heavy (non-hydrogen) atoms. The molecule has 1 heterocycles. The highest BCUT2D eigenvalue weighted by Crippen LogP contribution is 2.31. The number of aliphatic hydroxyl groups excluding tert-OH is 1. The number of pyridine rings is 1. The van der Waals surface area contributed by atoms with Crippen molar-refractivity contribution in [3.63, 3.8) is 0 Å². The maximum atomic E-state index is 10.4. The SMILES string of the molecule is CC(C)C(C)C(O)c1cccc2cccnc12. The van der Waals surface area contributed by atoms with Gasteiger partial charge in [0.15, 0.2) is 0 Å². The summed E-state index contributed by atoms with van der Waals surface area (Å²) in [6.07, 6.45) is 1.33. The van der Waals surface area contributed by atoms with Crippen LogP contribution < -0.4 is 0 Å². The van der Waals surface area contributed by atoms with Crippen LogP contribution in [0, 0.1) is 11.8 Å². The first-order valence-electron chi connectivity index (χ1n) is 6.13. The Bertz CT molecular complexity index is 502. The Balaban J connectivity index is 2.48. The summed E-state index contributed by atoms with van der Waals surface area (Å²) in [6.45, 7) is 6.34. The van der Waals surface area contributed by atoms with Gasteiger partial charge < -0.3 is 5.11 Å². The Morgan fingerprint density at radius 3 is 2.47 bits per heavy atom. The lowest BCUT2D eigenvalue weighted by molar-refractivity contribution is 0.0932. The van der Waals surface area contributed by atoms with Crippen LogP contribution in [0.5, 0.6) is 0 Å². The zero-order valence-electron chi connectivity index (χ0n) is 10.6. The highest BCUT2D eigenvalue weighted by atomic mass is 16.3. The zero-order chi connectivity index (χ0) is 12.4. The van der Waals surface area contributed by atoms with Crippen LogP contribution in [-0.4, -0.2) is 10.1 Å². The van der Waals surface area contributed by atoms with Crippen LogP contribution in [0.2, 0.25) is 0 Å². The van der Waals surface area contributed by atoms with E-state index in [0.29, 0.717) is 5.92 Å². The molecule has 1 aromatic heterocycles. The summed E-state index contributed by atoms with van der Waals surface area (Å²) >= 11 is 0. The normalized spacial score (nSPS) is 15.1. The van der Waals surface area contributed by atoms with Gasteiger partial charge in [0.25, 0.3) is 0 Å². The second-order valence-corrected chi connectivity index (χ2v) is 4.97. The molecule has 1 aromatic carbocycles. The number of para-hydroxylation sites is 1. The Kier molecular flexibility index (Phi) is 3.43. The first kappa shape index (κ1) is 12.1. The lowest BCUT2D eigenvalue weighted by Crippen LogP contribution is -2.15. The van der Waals surface area contributed by atoms with Crippen LogP contribution in [0.3, 0.4) is 0 Å². The van der Waals surface area contributed by atoms with Crippen molar-refractivity contribution in [3.8, 4) is 0 Å². The molecule has 0 saturated carbocycles. The maximum Gasteiger partial charge on any atom is 0.0839 e. The standard InChI is InChI=1S/C15H19NO/c1-10(2)11(3)15(17)13-8-4-6-12-7-5-9-16-14(12)13/h4-11,15,17H,1-3H3. The van der Waals surface area contributed by atoms with Gasteiger partial charge in [0.1, 0.15) is 0 Å². The van der Waals surface area contributed by atoms with Crippen molar-refractivity contribution in [2.75, 3.05) is 0 Å². The molecule has 2 heteroatoms. The third-order valence-corrected chi connectivity index (χ3v) is 3.53. The lowest BCUT2D eigenvalue weighted by atomic mass is 9.87. The Hall–Kier alpha value is -1.41. The Labute approximate surface area is 102 Å². The number of hydrogen-bond donors (Lipinski definition) is 1. The number of hydrogen-bond acceptors (Lipinski definition) is 2.